The Labute approximate surface area is 141 Å². The summed E-state index contributed by atoms with van der Waals surface area (Å²) >= 11 is 12.0. The minimum absolute atomic E-state index is 0.525. The second-order valence-corrected chi connectivity index (χ2v) is 5.55. The van der Waals surface area contributed by atoms with Crippen LogP contribution in [0.15, 0.2) is 42.5 Å². The monoisotopic (exact) mass is 339 g/mol. The van der Waals surface area contributed by atoms with E-state index in [4.69, 9.17) is 32.7 Å². The van der Waals surface area contributed by atoms with Crippen molar-refractivity contribution in [2.24, 2.45) is 0 Å². The largest absolute Gasteiger partial charge is 0.497 e. The van der Waals surface area contributed by atoms with Gasteiger partial charge in [0.1, 0.15) is 18.1 Å². The Kier molecular flexibility index (Phi) is 6.22. The predicted molar refractivity (Wildman–Crippen MR) is 92.8 cm³/mol. The lowest BCUT2D eigenvalue weighted by Crippen LogP contribution is -2.28. The molecule has 3 nitrogen and oxygen atoms in total. The van der Waals surface area contributed by atoms with Gasteiger partial charge < -0.3 is 14.4 Å². The van der Waals surface area contributed by atoms with Gasteiger partial charge in [0.05, 0.1) is 18.7 Å². The molecule has 0 aliphatic heterocycles. The second kappa shape index (κ2) is 8.16. The highest BCUT2D eigenvalue weighted by Gasteiger charge is 2.07. The van der Waals surface area contributed by atoms with Crippen molar-refractivity contribution in [1.82, 2.24) is 0 Å². The Morgan fingerprint density at radius 1 is 1.09 bits per heavy atom. The molecule has 0 heterocycles. The van der Waals surface area contributed by atoms with Crippen LogP contribution in [0.2, 0.25) is 10.0 Å². The van der Waals surface area contributed by atoms with Crippen LogP contribution in [-0.2, 0) is 0 Å². The van der Waals surface area contributed by atoms with Gasteiger partial charge in [-0.15, -0.1) is 0 Å². The topological polar surface area (TPSA) is 21.7 Å². The van der Waals surface area contributed by atoms with Crippen molar-refractivity contribution < 1.29 is 9.47 Å². The summed E-state index contributed by atoms with van der Waals surface area (Å²) in [6, 6.07) is 13.2. The first-order chi connectivity index (χ1) is 10.6. The molecule has 22 heavy (non-hydrogen) atoms. The summed E-state index contributed by atoms with van der Waals surface area (Å²) in [5.74, 6) is 1.49. The van der Waals surface area contributed by atoms with Crippen molar-refractivity contribution in [3.63, 3.8) is 0 Å². The lowest BCUT2D eigenvalue weighted by molar-refractivity contribution is 0.324. The van der Waals surface area contributed by atoms with E-state index in [0.717, 1.165) is 24.5 Å². The van der Waals surface area contributed by atoms with Crippen LogP contribution in [0.1, 0.15) is 6.92 Å². The van der Waals surface area contributed by atoms with Gasteiger partial charge in [0.25, 0.3) is 0 Å². The summed E-state index contributed by atoms with van der Waals surface area (Å²) in [6.07, 6.45) is 0. The van der Waals surface area contributed by atoms with E-state index in [-0.39, 0.29) is 0 Å². The van der Waals surface area contributed by atoms with Gasteiger partial charge in [-0.2, -0.15) is 0 Å². The van der Waals surface area contributed by atoms with Gasteiger partial charge in [0.2, 0.25) is 0 Å². The summed E-state index contributed by atoms with van der Waals surface area (Å²) in [5, 5.41) is 1.13. The molecular weight excluding hydrogens is 321 g/mol. The van der Waals surface area contributed by atoms with E-state index >= 15 is 0 Å². The molecule has 0 amide bonds. The molecule has 0 atom stereocenters. The molecule has 0 saturated heterocycles. The summed E-state index contributed by atoms with van der Waals surface area (Å²) in [5.41, 5.74) is 1.10. The van der Waals surface area contributed by atoms with Crippen molar-refractivity contribution in [2.75, 3.05) is 31.7 Å². The van der Waals surface area contributed by atoms with E-state index in [1.165, 1.54) is 0 Å². The van der Waals surface area contributed by atoms with E-state index in [0.29, 0.717) is 22.4 Å². The molecule has 0 fully saturated rings. The maximum absolute atomic E-state index is 6.10. The Bertz CT molecular complexity index is 619. The fourth-order valence-corrected chi connectivity index (χ4v) is 2.60. The molecule has 5 heteroatoms. The fourth-order valence-electron chi connectivity index (χ4n) is 2.14. The normalized spacial score (nSPS) is 10.4. The maximum Gasteiger partial charge on any atom is 0.138 e. The molecule has 0 aliphatic rings. The zero-order chi connectivity index (χ0) is 15.9. The van der Waals surface area contributed by atoms with Gasteiger partial charge in [-0.3, -0.25) is 0 Å². The van der Waals surface area contributed by atoms with Crippen molar-refractivity contribution in [1.29, 1.82) is 0 Å². The Morgan fingerprint density at radius 2 is 1.91 bits per heavy atom. The number of anilines is 1. The third-order valence-electron chi connectivity index (χ3n) is 3.31. The second-order valence-electron chi connectivity index (χ2n) is 4.70. The number of methoxy groups -OCH3 is 1. The Morgan fingerprint density at radius 3 is 2.59 bits per heavy atom. The van der Waals surface area contributed by atoms with E-state index in [9.17, 15) is 0 Å². The minimum atomic E-state index is 0.525. The molecule has 0 aliphatic carbocycles. The van der Waals surface area contributed by atoms with Gasteiger partial charge in [0, 0.05) is 23.3 Å². The number of hydrogen-bond donors (Lipinski definition) is 0. The average molecular weight is 340 g/mol. The van der Waals surface area contributed by atoms with Crippen LogP contribution in [0.25, 0.3) is 0 Å². The zero-order valence-corrected chi connectivity index (χ0v) is 14.2. The molecular formula is C17H19Cl2NO2. The number of likely N-dealkylation sites (N-methyl/N-ethyl adjacent to an activating group) is 1. The van der Waals surface area contributed by atoms with E-state index < -0.39 is 0 Å². The Hall–Kier alpha value is -1.58. The highest BCUT2D eigenvalue weighted by atomic mass is 35.5. The molecule has 0 aromatic heterocycles. The van der Waals surface area contributed by atoms with Gasteiger partial charge in [0.15, 0.2) is 0 Å². The molecule has 0 radical (unpaired) electrons. The van der Waals surface area contributed by atoms with Crippen LogP contribution in [0, 0.1) is 0 Å². The summed E-state index contributed by atoms with van der Waals surface area (Å²) in [6.45, 7) is 4.27. The lowest BCUT2D eigenvalue weighted by Gasteiger charge is -2.23. The first-order valence-electron chi connectivity index (χ1n) is 7.11. The average Bonchev–Trinajstić information content (AvgIpc) is 2.53. The number of benzene rings is 2. The first kappa shape index (κ1) is 16.8. The van der Waals surface area contributed by atoms with Crippen LogP contribution in [0.5, 0.6) is 11.5 Å². The van der Waals surface area contributed by atoms with Crippen LogP contribution >= 0.6 is 23.2 Å². The number of ether oxygens (including phenoxy) is 2. The third-order valence-corrected chi connectivity index (χ3v) is 3.84. The fraction of sp³-hybridized carbons (Fsp3) is 0.294. The standard InChI is InChI=1S/C17H19Cl2NO2/c1-3-20(14-5-4-6-15(12-14)21-2)9-10-22-17-8-7-13(18)11-16(17)19/h4-8,11-12H,3,9-10H2,1-2H3. The van der Waals surface area contributed by atoms with Crippen LogP contribution in [-0.4, -0.2) is 26.8 Å². The van der Waals surface area contributed by atoms with Crippen molar-refractivity contribution >= 4 is 28.9 Å². The third kappa shape index (κ3) is 4.46. The van der Waals surface area contributed by atoms with Gasteiger partial charge >= 0.3 is 0 Å². The molecule has 0 bridgehead atoms. The van der Waals surface area contributed by atoms with Crippen LogP contribution < -0.4 is 14.4 Å². The quantitative estimate of drug-likeness (QED) is 0.715. The summed E-state index contributed by atoms with van der Waals surface area (Å²) in [4.78, 5) is 2.21. The predicted octanol–water partition coefficient (Wildman–Crippen LogP) is 4.91. The van der Waals surface area contributed by atoms with Crippen molar-refractivity contribution in [2.45, 2.75) is 6.92 Å². The van der Waals surface area contributed by atoms with Crippen molar-refractivity contribution in [3.05, 3.63) is 52.5 Å². The first-order valence-corrected chi connectivity index (χ1v) is 7.86. The van der Waals surface area contributed by atoms with E-state index in [2.05, 4.69) is 17.9 Å². The molecule has 0 unspecified atom stereocenters. The van der Waals surface area contributed by atoms with Gasteiger partial charge in [-0.05, 0) is 37.3 Å². The Balaban J connectivity index is 1.96. The summed E-state index contributed by atoms with van der Waals surface area (Å²) < 4.78 is 11.0. The lowest BCUT2D eigenvalue weighted by atomic mass is 10.2. The minimum Gasteiger partial charge on any atom is -0.497 e. The number of hydrogen-bond acceptors (Lipinski definition) is 3. The van der Waals surface area contributed by atoms with Crippen LogP contribution in [0.3, 0.4) is 0 Å². The van der Waals surface area contributed by atoms with Gasteiger partial charge in [-0.25, -0.2) is 0 Å². The van der Waals surface area contributed by atoms with Crippen LogP contribution in [0.4, 0.5) is 5.69 Å². The molecule has 0 spiro atoms. The van der Waals surface area contributed by atoms with Crippen molar-refractivity contribution in [3.8, 4) is 11.5 Å². The highest BCUT2D eigenvalue weighted by molar-refractivity contribution is 6.35. The smallest absolute Gasteiger partial charge is 0.138 e. The molecule has 2 aromatic rings. The summed E-state index contributed by atoms with van der Waals surface area (Å²) in [7, 11) is 1.67. The maximum atomic E-state index is 6.10. The molecule has 118 valence electrons. The molecule has 2 aromatic carbocycles. The molecule has 0 saturated carbocycles. The number of rotatable bonds is 7. The molecule has 0 N–H and O–H groups in total. The van der Waals surface area contributed by atoms with E-state index in [1.54, 1.807) is 25.3 Å². The number of halogens is 2. The number of nitrogens with zero attached hydrogens (tertiary/aromatic N) is 1. The van der Waals surface area contributed by atoms with E-state index in [1.807, 2.05) is 18.2 Å². The SMILES string of the molecule is CCN(CCOc1ccc(Cl)cc1Cl)c1cccc(OC)c1. The zero-order valence-electron chi connectivity index (χ0n) is 12.7. The molecule has 2 rings (SSSR count). The highest BCUT2D eigenvalue weighted by Crippen LogP contribution is 2.27. The van der Waals surface area contributed by atoms with Gasteiger partial charge in [-0.1, -0.05) is 29.3 Å².